The molecule has 0 spiro atoms. The molecule has 140 valence electrons. The number of oxazole rings is 1. The van der Waals surface area contributed by atoms with Gasteiger partial charge < -0.3 is 14.6 Å². The summed E-state index contributed by atoms with van der Waals surface area (Å²) < 4.78 is 6.69. The molecule has 0 radical (unpaired) electrons. The van der Waals surface area contributed by atoms with Crippen LogP contribution in [0.4, 0.5) is 6.01 Å². The summed E-state index contributed by atoms with van der Waals surface area (Å²) in [4.78, 5) is 19.1. The van der Waals surface area contributed by atoms with Crippen molar-refractivity contribution in [2.75, 3.05) is 24.5 Å². The van der Waals surface area contributed by atoms with Crippen LogP contribution in [0.15, 0.2) is 51.4 Å². The van der Waals surface area contributed by atoms with Gasteiger partial charge in [0.2, 0.25) is 0 Å². The molecular weight excluding hydrogens is 430 g/mol. The molecule has 1 fully saturated rings. The summed E-state index contributed by atoms with van der Waals surface area (Å²) in [6.07, 6.45) is 1.95. The lowest BCUT2D eigenvalue weighted by molar-refractivity contribution is 0.0945. The third-order valence-corrected chi connectivity index (χ3v) is 5.71. The number of hydrogen-bond donors (Lipinski definition) is 1. The predicted octanol–water partition coefficient (Wildman–Crippen LogP) is 4.89. The van der Waals surface area contributed by atoms with E-state index in [2.05, 4.69) is 31.1 Å². The van der Waals surface area contributed by atoms with E-state index in [-0.39, 0.29) is 5.91 Å². The van der Waals surface area contributed by atoms with Crippen LogP contribution in [0.3, 0.4) is 0 Å². The van der Waals surface area contributed by atoms with Gasteiger partial charge >= 0.3 is 0 Å². The first-order valence-corrected chi connectivity index (χ1v) is 10.1. The number of nitrogens with one attached hydrogen (secondary N) is 1. The van der Waals surface area contributed by atoms with Gasteiger partial charge in [-0.25, -0.2) is 0 Å². The fourth-order valence-electron chi connectivity index (χ4n) is 3.33. The molecule has 0 saturated carbocycles. The van der Waals surface area contributed by atoms with Gasteiger partial charge in [-0.2, -0.15) is 4.98 Å². The summed E-state index contributed by atoms with van der Waals surface area (Å²) >= 11 is 9.50. The molecule has 0 atom stereocenters. The van der Waals surface area contributed by atoms with E-state index in [1.807, 2.05) is 30.3 Å². The first kappa shape index (κ1) is 18.3. The third kappa shape index (κ3) is 4.12. The second-order valence-corrected chi connectivity index (χ2v) is 8.05. The Morgan fingerprint density at radius 3 is 2.81 bits per heavy atom. The smallest absolute Gasteiger partial charge is 0.298 e. The first-order valence-electron chi connectivity index (χ1n) is 8.94. The maximum Gasteiger partial charge on any atom is 0.298 e. The van der Waals surface area contributed by atoms with Crippen molar-refractivity contribution in [1.29, 1.82) is 0 Å². The van der Waals surface area contributed by atoms with Crippen molar-refractivity contribution in [2.24, 2.45) is 5.92 Å². The molecule has 0 bridgehead atoms. The number of halogens is 2. The molecule has 5 nitrogen and oxygen atoms in total. The molecule has 2 heterocycles. The number of piperidine rings is 1. The predicted molar refractivity (Wildman–Crippen MR) is 110 cm³/mol. The van der Waals surface area contributed by atoms with E-state index in [1.165, 1.54) is 0 Å². The van der Waals surface area contributed by atoms with E-state index in [1.54, 1.807) is 12.1 Å². The van der Waals surface area contributed by atoms with Crippen molar-refractivity contribution in [2.45, 2.75) is 12.8 Å². The Bertz CT molecular complexity index is 934. The van der Waals surface area contributed by atoms with Gasteiger partial charge in [-0.15, -0.1) is 0 Å². The summed E-state index contributed by atoms with van der Waals surface area (Å²) in [6.45, 7) is 2.37. The van der Waals surface area contributed by atoms with Crippen LogP contribution in [-0.4, -0.2) is 30.5 Å². The van der Waals surface area contributed by atoms with Crippen LogP contribution in [0.5, 0.6) is 0 Å². The molecule has 4 rings (SSSR count). The number of fused-ring (bicyclic) bond motifs is 1. The average Bonchev–Trinajstić information content (AvgIpc) is 3.12. The van der Waals surface area contributed by atoms with E-state index in [0.717, 1.165) is 41.5 Å². The first-order chi connectivity index (χ1) is 13.1. The number of para-hydroxylation sites is 2. The highest BCUT2D eigenvalue weighted by molar-refractivity contribution is 9.10. The molecular formula is C20H19BrClN3O2. The van der Waals surface area contributed by atoms with Gasteiger partial charge in [0.05, 0.1) is 10.6 Å². The van der Waals surface area contributed by atoms with E-state index in [4.69, 9.17) is 16.0 Å². The van der Waals surface area contributed by atoms with Gasteiger partial charge in [0.15, 0.2) is 5.58 Å². The highest BCUT2D eigenvalue weighted by atomic mass is 79.9. The highest BCUT2D eigenvalue weighted by Crippen LogP contribution is 2.26. The number of rotatable bonds is 4. The van der Waals surface area contributed by atoms with E-state index in [0.29, 0.717) is 29.1 Å². The number of amides is 1. The van der Waals surface area contributed by atoms with Crippen molar-refractivity contribution in [3.8, 4) is 0 Å². The molecule has 1 N–H and O–H groups in total. The van der Waals surface area contributed by atoms with E-state index >= 15 is 0 Å². The van der Waals surface area contributed by atoms with Crippen molar-refractivity contribution >= 4 is 50.6 Å². The Morgan fingerprint density at radius 2 is 2.04 bits per heavy atom. The fraction of sp³-hybridized carbons (Fsp3) is 0.300. The number of benzene rings is 2. The molecule has 7 heteroatoms. The van der Waals surface area contributed by atoms with Crippen LogP contribution in [0.2, 0.25) is 5.02 Å². The Labute approximate surface area is 170 Å². The number of aromatic nitrogens is 1. The summed E-state index contributed by atoms with van der Waals surface area (Å²) in [5.74, 6) is 0.295. The second-order valence-electron chi connectivity index (χ2n) is 6.73. The maximum atomic E-state index is 12.4. The molecule has 1 aliphatic heterocycles. The summed E-state index contributed by atoms with van der Waals surface area (Å²) in [5, 5.41) is 3.47. The molecule has 2 aromatic carbocycles. The normalized spacial score (nSPS) is 15.3. The topological polar surface area (TPSA) is 58.4 Å². The Balaban J connectivity index is 1.31. The number of carbonyl (C=O) groups excluding carboxylic acids is 1. The van der Waals surface area contributed by atoms with E-state index < -0.39 is 0 Å². The minimum absolute atomic E-state index is 0.136. The highest BCUT2D eigenvalue weighted by Gasteiger charge is 2.23. The third-order valence-electron chi connectivity index (χ3n) is 4.89. The maximum absolute atomic E-state index is 12.4. The quantitative estimate of drug-likeness (QED) is 0.617. The second kappa shape index (κ2) is 7.90. The van der Waals surface area contributed by atoms with Crippen molar-refractivity contribution < 1.29 is 9.21 Å². The molecule has 0 aliphatic carbocycles. The molecule has 3 aromatic rings. The zero-order chi connectivity index (χ0) is 18.8. The zero-order valence-corrected chi connectivity index (χ0v) is 17.0. The number of hydrogen-bond acceptors (Lipinski definition) is 4. The minimum atomic E-state index is -0.136. The van der Waals surface area contributed by atoms with Crippen molar-refractivity contribution in [3.63, 3.8) is 0 Å². The lowest BCUT2D eigenvalue weighted by atomic mass is 9.97. The summed E-state index contributed by atoms with van der Waals surface area (Å²) in [6, 6.07) is 13.8. The van der Waals surface area contributed by atoms with Crippen LogP contribution in [0.25, 0.3) is 11.1 Å². The lowest BCUT2D eigenvalue weighted by Crippen LogP contribution is -2.38. The number of nitrogens with zero attached hydrogens (tertiary/aromatic N) is 2. The Morgan fingerprint density at radius 1 is 1.26 bits per heavy atom. The van der Waals surface area contributed by atoms with Gasteiger partial charge in [-0.05, 0) is 49.1 Å². The van der Waals surface area contributed by atoms with Gasteiger partial charge in [-0.1, -0.05) is 39.7 Å². The van der Waals surface area contributed by atoms with Crippen LogP contribution in [0, 0.1) is 5.92 Å². The van der Waals surface area contributed by atoms with Crippen LogP contribution < -0.4 is 10.2 Å². The molecule has 1 saturated heterocycles. The van der Waals surface area contributed by atoms with Crippen LogP contribution in [0.1, 0.15) is 23.2 Å². The van der Waals surface area contributed by atoms with Crippen molar-refractivity contribution in [3.05, 3.63) is 57.5 Å². The minimum Gasteiger partial charge on any atom is -0.423 e. The SMILES string of the molecule is O=C(NCC1CCN(c2nc3ccccc3o2)CC1)c1cc(Br)ccc1Cl. The number of anilines is 1. The number of carbonyl (C=O) groups is 1. The summed E-state index contributed by atoms with van der Waals surface area (Å²) in [5.41, 5.74) is 2.19. The van der Waals surface area contributed by atoms with Gasteiger partial charge in [0, 0.05) is 24.1 Å². The van der Waals surface area contributed by atoms with Crippen LogP contribution >= 0.6 is 27.5 Å². The van der Waals surface area contributed by atoms with E-state index in [9.17, 15) is 4.79 Å². The van der Waals surface area contributed by atoms with Gasteiger partial charge in [0.25, 0.3) is 11.9 Å². The molecule has 1 amide bonds. The summed E-state index contributed by atoms with van der Waals surface area (Å²) in [7, 11) is 0. The molecule has 0 unspecified atom stereocenters. The largest absolute Gasteiger partial charge is 0.423 e. The molecule has 1 aromatic heterocycles. The average molecular weight is 449 g/mol. The van der Waals surface area contributed by atoms with Gasteiger partial charge in [0.1, 0.15) is 5.52 Å². The standard InChI is InChI=1S/C20H19BrClN3O2/c21-14-5-6-16(22)15(11-14)19(26)23-12-13-7-9-25(10-8-13)20-24-17-3-1-2-4-18(17)27-20/h1-6,11,13H,7-10,12H2,(H,23,26). The Kier molecular flexibility index (Phi) is 5.36. The van der Waals surface area contributed by atoms with Crippen LogP contribution in [-0.2, 0) is 0 Å². The van der Waals surface area contributed by atoms with Crippen molar-refractivity contribution in [1.82, 2.24) is 10.3 Å². The van der Waals surface area contributed by atoms with Gasteiger partial charge in [-0.3, -0.25) is 4.79 Å². The molecule has 1 aliphatic rings. The monoisotopic (exact) mass is 447 g/mol. The zero-order valence-electron chi connectivity index (χ0n) is 14.6. The lowest BCUT2D eigenvalue weighted by Gasteiger charge is -2.30. The fourth-order valence-corrected chi connectivity index (χ4v) is 3.89. The molecule has 27 heavy (non-hydrogen) atoms. The Hall–Kier alpha value is -2.05.